The molecule has 4 heteroatoms. The van der Waals surface area contributed by atoms with Gasteiger partial charge in [0.2, 0.25) is 5.91 Å². The van der Waals surface area contributed by atoms with Gasteiger partial charge in [0.25, 0.3) is 0 Å². The molecule has 0 spiro atoms. The molecule has 1 heterocycles. The lowest BCUT2D eigenvalue weighted by atomic mass is 10.1. The minimum absolute atomic E-state index is 0.0312. The van der Waals surface area contributed by atoms with Crippen molar-refractivity contribution in [2.75, 3.05) is 11.9 Å². The fourth-order valence-corrected chi connectivity index (χ4v) is 2.49. The maximum atomic E-state index is 12.5. The lowest BCUT2D eigenvalue weighted by Gasteiger charge is -2.17. The Kier molecular flexibility index (Phi) is 3.67. The first kappa shape index (κ1) is 14.3. The summed E-state index contributed by atoms with van der Waals surface area (Å²) < 4.78 is 1.91. The number of aromatic nitrogens is 2. The Bertz CT molecular complexity index is 821. The van der Waals surface area contributed by atoms with Gasteiger partial charge in [0.15, 0.2) is 0 Å². The molecule has 0 unspecified atom stereocenters. The summed E-state index contributed by atoms with van der Waals surface area (Å²) in [6.45, 7) is 4.43. The summed E-state index contributed by atoms with van der Waals surface area (Å²) in [5.74, 6) is 0.0312. The van der Waals surface area contributed by atoms with Gasteiger partial charge in [0, 0.05) is 12.7 Å². The quantitative estimate of drug-likeness (QED) is 0.743. The van der Waals surface area contributed by atoms with Gasteiger partial charge in [-0.2, -0.15) is 0 Å². The van der Waals surface area contributed by atoms with Gasteiger partial charge >= 0.3 is 0 Å². The van der Waals surface area contributed by atoms with Gasteiger partial charge in [0.1, 0.15) is 6.54 Å². The second-order valence-electron chi connectivity index (χ2n) is 5.59. The highest BCUT2D eigenvalue weighted by molar-refractivity contribution is 5.93. The van der Waals surface area contributed by atoms with E-state index < -0.39 is 0 Å². The molecule has 1 amide bonds. The number of likely N-dealkylation sites (N-methyl/N-ethyl adjacent to an activating group) is 1. The topological polar surface area (TPSA) is 38.1 Å². The average molecular weight is 293 g/mol. The Morgan fingerprint density at radius 2 is 1.82 bits per heavy atom. The van der Waals surface area contributed by atoms with E-state index in [-0.39, 0.29) is 12.5 Å². The molecule has 112 valence electrons. The monoisotopic (exact) mass is 293 g/mol. The Balaban J connectivity index is 1.87. The number of imidazole rings is 1. The van der Waals surface area contributed by atoms with E-state index in [0.29, 0.717) is 0 Å². The molecule has 0 saturated carbocycles. The molecule has 3 rings (SSSR count). The lowest BCUT2D eigenvalue weighted by Crippen LogP contribution is -2.29. The fraction of sp³-hybridized carbons (Fsp3) is 0.222. The molecular weight excluding hydrogens is 274 g/mol. The highest BCUT2D eigenvalue weighted by Gasteiger charge is 2.13. The summed E-state index contributed by atoms with van der Waals surface area (Å²) in [6, 6.07) is 13.8. The summed E-state index contributed by atoms with van der Waals surface area (Å²) in [7, 11) is 1.80. The number of amides is 1. The van der Waals surface area contributed by atoms with E-state index in [2.05, 4.69) is 31.0 Å². The predicted molar refractivity (Wildman–Crippen MR) is 89.1 cm³/mol. The summed E-state index contributed by atoms with van der Waals surface area (Å²) in [6.07, 6.45) is 1.74. The molecule has 0 aliphatic rings. The number of aryl methyl sites for hydroxylation is 2. The van der Waals surface area contributed by atoms with E-state index in [1.54, 1.807) is 18.3 Å². The Morgan fingerprint density at radius 3 is 2.55 bits per heavy atom. The van der Waals surface area contributed by atoms with Crippen molar-refractivity contribution >= 4 is 22.6 Å². The first-order valence-electron chi connectivity index (χ1n) is 7.30. The van der Waals surface area contributed by atoms with Crippen LogP contribution >= 0.6 is 0 Å². The standard InChI is InChI=1S/C18H19N3O/c1-13-9-16-17(10-14(13)2)21(12-19-16)11-18(22)20(3)15-7-5-4-6-8-15/h4-10,12H,11H2,1-3H3. The number of fused-ring (bicyclic) bond motifs is 1. The minimum Gasteiger partial charge on any atom is -0.321 e. The molecule has 0 radical (unpaired) electrons. The first-order chi connectivity index (χ1) is 10.6. The van der Waals surface area contributed by atoms with Gasteiger partial charge in [-0.15, -0.1) is 0 Å². The van der Waals surface area contributed by atoms with Crippen molar-refractivity contribution in [3.63, 3.8) is 0 Å². The first-order valence-corrected chi connectivity index (χ1v) is 7.30. The maximum Gasteiger partial charge on any atom is 0.246 e. The van der Waals surface area contributed by atoms with Crippen molar-refractivity contribution in [3.8, 4) is 0 Å². The fourth-order valence-electron chi connectivity index (χ4n) is 2.49. The molecule has 3 aromatic rings. The predicted octanol–water partition coefficient (Wildman–Crippen LogP) is 3.32. The van der Waals surface area contributed by atoms with Gasteiger partial charge in [-0.05, 0) is 49.2 Å². The zero-order valence-electron chi connectivity index (χ0n) is 13.1. The van der Waals surface area contributed by atoms with E-state index >= 15 is 0 Å². The molecule has 2 aromatic carbocycles. The second-order valence-corrected chi connectivity index (χ2v) is 5.59. The Hall–Kier alpha value is -2.62. The largest absolute Gasteiger partial charge is 0.321 e. The van der Waals surface area contributed by atoms with Crippen molar-refractivity contribution in [1.82, 2.24) is 9.55 Å². The molecular formula is C18H19N3O. The summed E-state index contributed by atoms with van der Waals surface area (Å²) in [4.78, 5) is 18.6. The van der Waals surface area contributed by atoms with Crippen LogP contribution in [-0.2, 0) is 11.3 Å². The normalized spacial score (nSPS) is 10.9. The number of nitrogens with zero attached hydrogens (tertiary/aromatic N) is 3. The van der Waals surface area contributed by atoms with Crippen LogP contribution in [0.5, 0.6) is 0 Å². The molecule has 0 saturated heterocycles. The van der Waals surface area contributed by atoms with Crippen LogP contribution in [0.1, 0.15) is 11.1 Å². The molecule has 22 heavy (non-hydrogen) atoms. The summed E-state index contributed by atoms with van der Waals surface area (Å²) in [5, 5.41) is 0. The van der Waals surface area contributed by atoms with Crippen molar-refractivity contribution in [2.45, 2.75) is 20.4 Å². The van der Waals surface area contributed by atoms with Gasteiger partial charge in [-0.25, -0.2) is 4.98 Å². The van der Waals surface area contributed by atoms with Crippen LogP contribution in [0.2, 0.25) is 0 Å². The molecule has 0 atom stereocenters. The highest BCUT2D eigenvalue weighted by Crippen LogP contribution is 2.19. The van der Waals surface area contributed by atoms with E-state index in [1.807, 2.05) is 34.9 Å². The third-order valence-corrected chi connectivity index (χ3v) is 4.06. The zero-order valence-corrected chi connectivity index (χ0v) is 13.1. The zero-order chi connectivity index (χ0) is 15.7. The van der Waals surface area contributed by atoms with Gasteiger partial charge in [-0.1, -0.05) is 18.2 Å². The van der Waals surface area contributed by atoms with E-state index in [9.17, 15) is 4.79 Å². The van der Waals surface area contributed by atoms with Crippen LogP contribution < -0.4 is 4.90 Å². The van der Waals surface area contributed by atoms with Crippen LogP contribution in [0, 0.1) is 13.8 Å². The molecule has 0 N–H and O–H groups in total. The maximum absolute atomic E-state index is 12.5. The third-order valence-electron chi connectivity index (χ3n) is 4.06. The smallest absolute Gasteiger partial charge is 0.246 e. The SMILES string of the molecule is Cc1cc2ncn(CC(=O)N(C)c3ccccc3)c2cc1C. The van der Waals surface area contributed by atoms with Gasteiger partial charge in [0.05, 0.1) is 17.4 Å². The van der Waals surface area contributed by atoms with Crippen molar-refractivity contribution in [1.29, 1.82) is 0 Å². The Labute approximate surface area is 130 Å². The number of carbonyl (C=O) groups is 1. The Morgan fingerprint density at radius 1 is 1.14 bits per heavy atom. The van der Waals surface area contributed by atoms with Crippen LogP contribution in [-0.4, -0.2) is 22.5 Å². The van der Waals surface area contributed by atoms with Crippen LogP contribution in [0.25, 0.3) is 11.0 Å². The van der Waals surface area contributed by atoms with Crippen LogP contribution in [0.4, 0.5) is 5.69 Å². The van der Waals surface area contributed by atoms with Crippen LogP contribution in [0.3, 0.4) is 0 Å². The number of benzene rings is 2. The number of anilines is 1. The van der Waals surface area contributed by atoms with Gasteiger partial charge < -0.3 is 9.47 Å². The minimum atomic E-state index is 0.0312. The summed E-state index contributed by atoms with van der Waals surface area (Å²) in [5.41, 5.74) is 5.24. The third kappa shape index (κ3) is 2.60. The lowest BCUT2D eigenvalue weighted by molar-refractivity contribution is -0.118. The molecule has 0 bridgehead atoms. The molecule has 0 fully saturated rings. The number of para-hydroxylation sites is 1. The number of carbonyl (C=O) groups excluding carboxylic acids is 1. The number of hydrogen-bond donors (Lipinski definition) is 0. The van der Waals surface area contributed by atoms with Crippen molar-refractivity contribution < 1.29 is 4.79 Å². The van der Waals surface area contributed by atoms with Crippen molar-refractivity contribution in [3.05, 3.63) is 59.9 Å². The van der Waals surface area contributed by atoms with E-state index in [4.69, 9.17) is 0 Å². The molecule has 4 nitrogen and oxygen atoms in total. The molecule has 1 aromatic heterocycles. The number of hydrogen-bond acceptors (Lipinski definition) is 2. The van der Waals surface area contributed by atoms with Gasteiger partial charge in [-0.3, -0.25) is 4.79 Å². The second kappa shape index (κ2) is 5.64. The molecule has 0 aliphatic heterocycles. The van der Waals surface area contributed by atoms with Crippen molar-refractivity contribution in [2.24, 2.45) is 0 Å². The van der Waals surface area contributed by atoms with E-state index in [0.717, 1.165) is 16.7 Å². The highest BCUT2D eigenvalue weighted by atomic mass is 16.2. The molecule has 0 aliphatic carbocycles. The van der Waals surface area contributed by atoms with E-state index in [1.165, 1.54) is 11.1 Å². The number of rotatable bonds is 3. The summed E-state index contributed by atoms with van der Waals surface area (Å²) >= 11 is 0. The van der Waals surface area contributed by atoms with Crippen LogP contribution in [0.15, 0.2) is 48.8 Å². The average Bonchev–Trinajstić information content (AvgIpc) is 2.90.